The van der Waals surface area contributed by atoms with Crippen LogP contribution in [0.1, 0.15) is 18.1 Å². The second kappa shape index (κ2) is 6.73. The molecule has 5 heteroatoms. The van der Waals surface area contributed by atoms with Crippen molar-refractivity contribution >= 4 is 0 Å². The Balaban J connectivity index is 2.57. The van der Waals surface area contributed by atoms with Gasteiger partial charge in [-0.1, -0.05) is 6.07 Å². The van der Waals surface area contributed by atoms with Gasteiger partial charge in [0.05, 0.1) is 18.8 Å². The molecular formula is C17H19F2NO2. The van der Waals surface area contributed by atoms with E-state index >= 15 is 0 Å². The van der Waals surface area contributed by atoms with E-state index in [0.717, 1.165) is 21.4 Å². The lowest BCUT2D eigenvalue weighted by atomic mass is 10.0. The third-order valence-corrected chi connectivity index (χ3v) is 3.47. The zero-order chi connectivity index (χ0) is 16.3. The van der Waals surface area contributed by atoms with Gasteiger partial charge in [-0.25, -0.2) is 8.78 Å². The molecule has 22 heavy (non-hydrogen) atoms. The number of pyridine rings is 1. The lowest BCUT2D eigenvalue weighted by Crippen LogP contribution is -2.26. The Morgan fingerprint density at radius 2 is 1.86 bits per heavy atom. The van der Waals surface area contributed by atoms with E-state index < -0.39 is 13.0 Å². The van der Waals surface area contributed by atoms with Gasteiger partial charge in [-0.2, -0.15) is 0 Å². The van der Waals surface area contributed by atoms with Gasteiger partial charge >= 0.3 is 0 Å². The van der Waals surface area contributed by atoms with Crippen LogP contribution in [0.2, 0.25) is 0 Å². The average molecular weight is 307 g/mol. The number of hydrogen-bond acceptors (Lipinski definition) is 2. The number of benzene rings is 1. The molecule has 2 aromatic rings. The van der Waals surface area contributed by atoms with Crippen molar-refractivity contribution in [3.05, 3.63) is 51.8 Å². The standard InChI is InChI=1S/C17H19F2NO2/c1-4-22-13-6-7-14(12(3)9-13)15-8-5-11(2)17(21)20(15)10-16(18)19/h5-9,16H,4,10H2,1-3H3. The summed E-state index contributed by atoms with van der Waals surface area (Å²) in [7, 11) is 0. The van der Waals surface area contributed by atoms with Crippen LogP contribution < -0.4 is 10.3 Å². The molecule has 0 bridgehead atoms. The number of ether oxygens (including phenoxy) is 1. The van der Waals surface area contributed by atoms with Gasteiger partial charge in [-0.3, -0.25) is 4.79 Å². The third-order valence-electron chi connectivity index (χ3n) is 3.47. The molecular weight excluding hydrogens is 288 g/mol. The second-order valence-electron chi connectivity index (χ2n) is 5.12. The van der Waals surface area contributed by atoms with Crippen LogP contribution in [0.15, 0.2) is 35.1 Å². The molecule has 0 saturated carbocycles. The van der Waals surface area contributed by atoms with E-state index in [1.54, 1.807) is 31.2 Å². The lowest BCUT2D eigenvalue weighted by Gasteiger charge is -2.16. The molecule has 0 fully saturated rings. The summed E-state index contributed by atoms with van der Waals surface area (Å²) >= 11 is 0. The summed E-state index contributed by atoms with van der Waals surface area (Å²) < 4.78 is 32.2. The first kappa shape index (κ1) is 16.2. The van der Waals surface area contributed by atoms with Crippen molar-refractivity contribution in [1.82, 2.24) is 4.57 Å². The fraction of sp³-hybridized carbons (Fsp3) is 0.353. The topological polar surface area (TPSA) is 31.2 Å². The molecule has 0 aliphatic heterocycles. The summed E-state index contributed by atoms with van der Waals surface area (Å²) in [5.41, 5.74) is 2.19. The second-order valence-corrected chi connectivity index (χ2v) is 5.12. The van der Waals surface area contributed by atoms with E-state index in [1.165, 1.54) is 0 Å². The smallest absolute Gasteiger partial charge is 0.256 e. The Hall–Kier alpha value is -2.17. The molecule has 0 unspecified atom stereocenters. The Labute approximate surface area is 128 Å². The molecule has 0 spiro atoms. The highest BCUT2D eigenvalue weighted by molar-refractivity contribution is 5.65. The predicted molar refractivity (Wildman–Crippen MR) is 82.8 cm³/mol. The molecule has 1 heterocycles. The van der Waals surface area contributed by atoms with Crippen molar-refractivity contribution in [2.75, 3.05) is 6.61 Å². The molecule has 0 saturated heterocycles. The van der Waals surface area contributed by atoms with E-state index in [0.29, 0.717) is 17.9 Å². The molecule has 2 rings (SSSR count). The van der Waals surface area contributed by atoms with E-state index in [1.807, 2.05) is 19.9 Å². The highest BCUT2D eigenvalue weighted by atomic mass is 19.3. The van der Waals surface area contributed by atoms with Crippen LogP contribution in [0.3, 0.4) is 0 Å². The van der Waals surface area contributed by atoms with Gasteiger partial charge in [0.1, 0.15) is 5.75 Å². The first-order valence-corrected chi connectivity index (χ1v) is 7.16. The average Bonchev–Trinajstić information content (AvgIpc) is 2.45. The van der Waals surface area contributed by atoms with Crippen LogP contribution >= 0.6 is 0 Å². The van der Waals surface area contributed by atoms with Crippen molar-refractivity contribution in [1.29, 1.82) is 0 Å². The molecule has 0 aliphatic rings. The number of hydrogen-bond donors (Lipinski definition) is 0. The van der Waals surface area contributed by atoms with E-state index in [2.05, 4.69) is 0 Å². The van der Waals surface area contributed by atoms with Crippen molar-refractivity contribution in [3.63, 3.8) is 0 Å². The van der Waals surface area contributed by atoms with E-state index in [4.69, 9.17) is 4.74 Å². The van der Waals surface area contributed by atoms with Gasteiger partial charge in [0.2, 0.25) is 0 Å². The minimum Gasteiger partial charge on any atom is -0.494 e. The molecule has 0 aliphatic carbocycles. The first-order valence-electron chi connectivity index (χ1n) is 7.16. The fourth-order valence-electron chi connectivity index (χ4n) is 2.42. The van der Waals surface area contributed by atoms with Gasteiger partial charge in [0, 0.05) is 11.1 Å². The van der Waals surface area contributed by atoms with Gasteiger partial charge in [0.25, 0.3) is 12.0 Å². The zero-order valence-electron chi connectivity index (χ0n) is 12.9. The quantitative estimate of drug-likeness (QED) is 0.841. The Bertz CT molecular complexity index is 723. The maximum absolute atomic E-state index is 12.8. The summed E-state index contributed by atoms with van der Waals surface area (Å²) in [4.78, 5) is 12.2. The molecule has 3 nitrogen and oxygen atoms in total. The molecule has 0 atom stereocenters. The van der Waals surface area contributed by atoms with Crippen LogP contribution in [0, 0.1) is 13.8 Å². The van der Waals surface area contributed by atoms with Crippen molar-refractivity contribution < 1.29 is 13.5 Å². The van der Waals surface area contributed by atoms with E-state index in [-0.39, 0.29) is 5.56 Å². The molecule has 0 N–H and O–H groups in total. The summed E-state index contributed by atoms with van der Waals surface area (Å²) in [6.45, 7) is 5.33. The van der Waals surface area contributed by atoms with Crippen LogP contribution in [0.5, 0.6) is 5.75 Å². The zero-order valence-corrected chi connectivity index (χ0v) is 12.9. The predicted octanol–water partition coefficient (Wildman–Crippen LogP) is 3.80. The Kier molecular flexibility index (Phi) is 4.96. The largest absolute Gasteiger partial charge is 0.494 e. The number of rotatable bonds is 5. The molecule has 0 radical (unpaired) electrons. The minimum atomic E-state index is -2.58. The summed E-state index contributed by atoms with van der Waals surface area (Å²) in [5, 5.41) is 0. The lowest BCUT2D eigenvalue weighted by molar-refractivity contribution is 0.126. The summed E-state index contributed by atoms with van der Waals surface area (Å²) in [6, 6.07) is 8.79. The Morgan fingerprint density at radius 1 is 1.14 bits per heavy atom. The number of aryl methyl sites for hydroxylation is 2. The third kappa shape index (κ3) is 3.35. The molecule has 0 amide bonds. The molecule has 118 valence electrons. The maximum Gasteiger partial charge on any atom is 0.256 e. The summed E-state index contributed by atoms with van der Waals surface area (Å²) in [6.07, 6.45) is -2.58. The van der Waals surface area contributed by atoms with Gasteiger partial charge in [-0.05, 0) is 50.6 Å². The van der Waals surface area contributed by atoms with Crippen LogP contribution in [-0.4, -0.2) is 17.6 Å². The number of halogens is 2. The highest BCUT2D eigenvalue weighted by Gasteiger charge is 2.14. The van der Waals surface area contributed by atoms with Crippen molar-refractivity contribution in [3.8, 4) is 17.0 Å². The van der Waals surface area contributed by atoms with Crippen LogP contribution in [0.25, 0.3) is 11.3 Å². The summed E-state index contributed by atoms with van der Waals surface area (Å²) in [5.74, 6) is 0.721. The maximum atomic E-state index is 12.8. The molecule has 1 aromatic carbocycles. The number of alkyl halides is 2. The number of nitrogens with zero attached hydrogens (tertiary/aromatic N) is 1. The number of aromatic nitrogens is 1. The first-order chi connectivity index (χ1) is 10.4. The fourth-order valence-corrected chi connectivity index (χ4v) is 2.42. The van der Waals surface area contributed by atoms with Gasteiger partial charge in [-0.15, -0.1) is 0 Å². The Morgan fingerprint density at radius 3 is 2.45 bits per heavy atom. The monoisotopic (exact) mass is 307 g/mol. The SMILES string of the molecule is CCOc1ccc(-c2ccc(C)c(=O)n2CC(F)F)c(C)c1. The van der Waals surface area contributed by atoms with Gasteiger partial charge < -0.3 is 9.30 Å². The van der Waals surface area contributed by atoms with Crippen LogP contribution in [-0.2, 0) is 6.54 Å². The van der Waals surface area contributed by atoms with Crippen molar-refractivity contribution in [2.24, 2.45) is 0 Å². The highest BCUT2D eigenvalue weighted by Crippen LogP contribution is 2.27. The molecule has 1 aromatic heterocycles. The minimum absolute atomic E-state index is 0.383. The van der Waals surface area contributed by atoms with Gasteiger partial charge in [0.15, 0.2) is 0 Å². The van der Waals surface area contributed by atoms with Crippen LogP contribution in [0.4, 0.5) is 8.78 Å². The normalized spacial score (nSPS) is 11.0. The van der Waals surface area contributed by atoms with Crippen molar-refractivity contribution in [2.45, 2.75) is 33.7 Å². The van der Waals surface area contributed by atoms with E-state index in [9.17, 15) is 13.6 Å².